The smallest absolute Gasteiger partial charge is 0.248 e. The minimum absolute atomic E-state index is 0.146. The molecule has 0 aliphatic heterocycles. The summed E-state index contributed by atoms with van der Waals surface area (Å²) in [6.07, 6.45) is 4.59. The van der Waals surface area contributed by atoms with Crippen LogP contribution in [0.5, 0.6) is 0 Å². The molecule has 0 saturated heterocycles. The number of anilines is 1. The van der Waals surface area contributed by atoms with Crippen molar-refractivity contribution in [1.29, 1.82) is 5.26 Å². The maximum atomic E-state index is 11.9. The molecule has 1 heterocycles. The van der Waals surface area contributed by atoms with Crippen LogP contribution in [0.3, 0.4) is 0 Å². The van der Waals surface area contributed by atoms with Crippen LogP contribution in [0.1, 0.15) is 12.5 Å². The fourth-order valence-corrected chi connectivity index (χ4v) is 1.97. The lowest BCUT2D eigenvalue weighted by Gasteiger charge is -2.03. The van der Waals surface area contributed by atoms with E-state index in [0.29, 0.717) is 10.7 Å². The second-order valence-electron chi connectivity index (χ2n) is 4.41. The molecule has 1 amide bonds. The van der Waals surface area contributed by atoms with Crippen molar-refractivity contribution in [2.45, 2.75) is 13.5 Å². The van der Waals surface area contributed by atoms with Gasteiger partial charge in [0.2, 0.25) is 5.91 Å². The van der Waals surface area contributed by atoms with Crippen molar-refractivity contribution in [1.82, 2.24) is 9.78 Å². The van der Waals surface area contributed by atoms with Crippen LogP contribution in [0, 0.1) is 11.3 Å². The second-order valence-corrected chi connectivity index (χ2v) is 4.85. The first-order chi connectivity index (χ1) is 10.1. The van der Waals surface area contributed by atoms with Crippen molar-refractivity contribution in [3.63, 3.8) is 0 Å². The quantitative estimate of drug-likeness (QED) is 0.882. The van der Waals surface area contributed by atoms with Crippen LogP contribution in [0.2, 0.25) is 5.02 Å². The minimum Gasteiger partial charge on any atom is -0.320 e. The number of carbonyl (C=O) groups is 1. The Morgan fingerprint density at radius 1 is 1.57 bits per heavy atom. The number of hydrogen-bond donors (Lipinski definition) is 1. The predicted octanol–water partition coefficient (Wildman–Crippen LogP) is 3.10. The Kier molecular flexibility index (Phi) is 4.75. The van der Waals surface area contributed by atoms with Crippen LogP contribution < -0.4 is 5.32 Å². The summed E-state index contributed by atoms with van der Waals surface area (Å²) in [5, 5.41) is 15.8. The molecule has 21 heavy (non-hydrogen) atoms. The standard InChI is InChI=1S/C15H13ClN4O/c1-11(12-3-2-4-13(16)8-12)7-15(21)19-14-9-18-20(10-14)6-5-17/h2-4,7-10H,6H2,1H3,(H,19,21). The molecule has 0 saturated carbocycles. The van der Waals surface area contributed by atoms with Gasteiger partial charge in [-0.1, -0.05) is 23.7 Å². The summed E-state index contributed by atoms with van der Waals surface area (Å²) in [7, 11) is 0. The Morgan fingerprint density at radius 2 is 2.38 bits per heavy atom. The van der Waals surface area contributed by atoms with Gasteiger partial charge in [-0.05, 0) is 30.2 Å². The van der Waals surface area contributed by atoms with E-state index in [4.69, 9.17) is 16.9 Å². The number of allylic oxidation sites excluding steroid dienone is 1. The zero-order chi connectivity index (χ0) is 15.2. The number of amides is 1. The molecule has 0 radical (unpaired) electrons. The average molecular weight is 301 g/mol. The number of benzene rings is 1. The normalized spacial score (nSPS) is 11.0. The number of hydrogen-bond acceptors (Lipinski definition) is 3. The number of nitriles is 1. The lowest BCUT2D eigenvalue weighted by atomic mass is 10.1. The first kappa shape index (κ1) is 14.8. The lowest BCUT2D eigenvalue weighted by Crippen LogP contribution is -2.08. The van der Waals surface area contributed by atoms with Crippen molar-refractivity contribution >= 4 is 28.8 Å². The summed E-state index contributed by atoms with van der Waals surface area (Å²) in [5.41, 5.74) is 2.24. The Balaban J connectivity index is 2.06. The van der Waals surface area contributed by atoms with E-state index in [2.05, 4.69) is 10.4 Å². The highest BCUT2D eigenvalue weighted by Crippen LogP contribution is 2.18. The molecular weight excluding hydrogens is 288 g/mol. The third kappa shape index (κ3) is 4.20. The number of halogens is 1. The molecule has 0 bridgehead atoms. The summed E-state index contributed by atoms with van der Waals surface area (Å²) < 4.78 is 1.45. The lowest BCUT2D eigenvalue weighted by molar-refractivity contribution is -0.111. The molecule has 0 atom stereocenters. The molecular formula is C15H13ClN4O. The van der Waals surface area contributed by atoms with Gasteiger partial charge in [0.15, 0.2) is 0 Å². The third-order valence-electron chi connectivity index (χ3n) is 2.76. The number of nitrogens with one attached hydrogen (secondary N) is 1. The fraction of sp³-hybridized carbons (Fsp3) is 0.133. The zero-order valence-electron chi connectivity index (χ0n) is 11.4. The largest absolute Gasteiger partial charge is 0.320 e. The van der Waals surface area contributed by atoms with Crippen molar-refractivity contribution in [2.75, 3.05) is 5.32 Å². The molecule has 2 aromatic rings. The van der Waals surface area contributed by atoms with Gasteiger partial charge in [-0.3, -0.25) is 9.48 Å². The van der Waals surface area contributed by atoms with Crippen LogP contribution in [0.4, 0.5) is 5.69 Å². The summed E-state index contributed by atoms with van der Waals surface area (Å²) in [6.45, 7) is 1.98. The average Bonchev–Trinajstić information content (AvgIpc) is 2.86. The van der Waals surface area contributed by atoms with E-state index in [-0.39, 0.29) is 12.5 Å². The number of aromatic nitrogens is 2. The van der Waals surface area contributed by atoms with Crippen LogP contribution in [-0.2, 0) is 11.3 Å². The monoisotopic (exact) mass is 300 g/mol. The predicted molar refractivity (Wildman–Crippen MR) is 81.6 cm³/mol. The van der Waals surface area contributed by atoms with Gasteiger partial charge in [0.05, 0.1) is 18.0 Å². The van der Waals surface area contributed by atoms with Crippen LogP contribution in [0.25, 0.3) is 5.57 Å². The summed E-state index contributed by atoms with van der Waals surface area (Å²) in [6, 6.07) is 9.27. The first-order valence-electron chi connectivity index (χ1n) is 6.23. The Bertz CT molecular complexity index is 727. The topological polar surface area (TPSA) is 70.7 Å². The highest BCUT2D eigenvalue weighted by Gasteiger charge is 2.04. The van der Waals surface area contributed by atoms with Gasteiger partial charge in [-0.15, -0.1) is 0 Å². The molecule has 6 heteroatoms. The van der Waals surface area contributed by atoms with Crippen LogP contribution in [0.15, 0.2) is 42.7 Å². The van der Waals surface area contributed by atoms with Gasteiger partial charge >= 0.3 is 0 Å². The van der Waals surface area contributed by atoms with E-state index in [1.807, 2.05) is 25.1 Å². The third-order valence-corrected chi connectivity index (χ3v) is 3.00. The van der Waals surface area contributed by atoms with Crippen molar-refractivity contribution < 1.29 is 4.79 Å². The van der Waals surface area contributed by atoms with E-state index in [1.54, 1.807) is 18.3 Å². The van der Waals surface area contributed by atoms with Gasteiger partial charge in [0, 0.05) is 17.3 Å². The molecule has 1 N–H and O–H groups in total. The Morgan fingerprint density at radius 3 is 3.10 bits per heavy atom. The summed E-state index contributed by atoms with van der Waals surface area (Å²) >= 11 is 5.92. The van der Waals surface area contributed by atoms with E-state index in [1.165, 1.54) is 17.0 Å². The molecule has 5 nitrogen and oxygen atoms in total. The molecule has 1 aromatic carbocycles. The van der Waals surface area contributed by atoms with E-state index < -0.39 is 0 Å². The molecule has 0 aliphatic rings. The number of rotatable bonds is 4. The van der Waals surface area contributed by atoms with Crippen molar-refractivity contribution in [3.8, 4) is 6.07 Å². The maximum absolute atomic E-state index is 11.9. The molecule has 0 fully saturated rings. The van der Waals surface area contributed by atoms with E-state index in [9.17, 15) is 4.79 Å². The first-order valence-corrected chi connectivity index (χ1v) is 6.61. The Hall–Kier alpha value is -2.58. The fourth-order valence-electron chi connectivity index (χ4n) is 1.78. The maximum Gasteiger partial charge on any atom is 0.248 e. The highest BCUT2D eigenvalue weighted by molar-refractivity contribution is 6.30. The molecule has 0 unspecified atom stereocenters. The minimum atomic E-state index is -0.260. The highest BCUT2D eigenvalue weighted by atomic mass is 35.5. The van der Waals surface area contributed by atoms with Crippen LogP contribution in [-0.4, -0.2) is 15.7 Å². The molecule has 1 aromatic heterocycles. The van der Waals surface area contributed by atoms with Crippen molar-refractivity contribution in [3.05, 3.63) is 53.3 Å². The molecule has 106 valence electrons. The molecule has 0 spiro atoms. The Labute approximate surface area is 127 Å². The van der Waals surface area contributed by atoms with Gasteiger partial charge in [-0.2, -0.15) is 10.4 Å². The summed E-state index contributed by atoms with van der Waals surface area (Å²) in [4.78, 5) is 11.9. The SMILES string of the molecule is CC(=CC(=O)Nc1cnn(CC#N)c1)c1cccc(Cl)c1. The number of carbonyl (C=O) groups excluding carboxylic acids is 1. The van der Waals surface area contributed by atoms with Gasteiger partial charge in [-0.25, -0.2) is 0 Å². The van der Waals surface area contributed by atoms with Crippen LogP contribution >= 0.6 is 11.6 Å². The zero-order valence-corrected chi connectivity index (χ0v) is 12.1. The molecule has 2 rings (SSSR count). The van der Waals surface area contributed by atoms with Gasteiger partial charge < -0.3 is 5.32 Å². The second kappa shape index (κ2) is 6.73. The molecule has 0 aliphatic carbocycles. The van der Waals surface area contributed by atoms with E-state index >= 15 is 0 Å². The summed E-state index contributed by atoms with van der Waals surface area (Å²) in [5.74, 6) is -0.260. The van der Waals surface area contributed by atoms with Gasteiger partial charge in [0.25, 0.3) is 0 Å². The number of nitrogens with zero attached hydrogens (tertiary/aromatic N) is 3. The van der Waals surface area contributed by atoms with E-state index in [0.717, 1.165) is 11.1 Å². The van der Waals surface area contributed by atoms with Crippen molar-refractivity contribution in [2.24, 2.45) is 0 Å². The van der Waals surface area contributed by atoms with Gasteiger partial charge in [0.1, 0.15) is 6.54 Å².